The van der Waals surface area contributed by atoms with Crippen LogP contribution in [0.5, 0.6) is 0 Å². The summed E-state index contributed by atoms with van der Waals surface area (Å²) in [7, 11) is 0. The molecule has 0 aromatic heterocycles. The third-order valence-electron chi connectivity index (χ3n) is 5.24. The maximum absolute atomic E-state index is 4.23. The van der Waals surface area contributed by atoms with Gasteiger partial charge in [0.2, 0.25) is 0 Å². The van der Waals surface area contributed by atoms with E-state index in [0.717, 1.165) is 7.49 Å². The molecule has 1 rings (SSSR count). The second kappa shape index (κ2) is 11.9. The van der Waals surface area contributed by atoms with Crippen molar-refractivity contribution in [1.29, 1.82) is 0 Å². The Hall–Kier alpha value is 0.499. The predicted molar refractivity (Wildman–Crippen MR) is 102 cm³/mol. The molecule has 1 saturated heterocycles. The molecule has 1 aliphatic rings. The Kier molecular flexibility index (Phi) is 11.2. The van der Waals surface area contributed by atoms with Crippen molar-refractivity contribution >= 4 is 21.1 Å². The van der Waals surface area contributed by atoms with Crippen LogP contribution in [0, 0.1) is 0 Å². The summed E-state index contributed by atoms with van der Waals surface area (Å²) in [5.74, 6) is 0. The van der Waals surface area contributed by atoms with E-state index in [9.17, 15) is 0 Å². The number of rotatable bonds is 13. The minimum absolute atomic E-state index is 0.488. The second-order valence-electron chi connectivity index (χ2n) is 7.16. The van der Waals surface area contributed by atoms with Gasteiger partial charge < -0.3 is 0 Å². The monoisotopic (exact) mass is 413 g/mol. The first kappa shape index (κ1) is 20.5. The van der Waals surface area contributed by atoms with Gasteiger partial charge in [-0.15, -0.1) is 0 Å². The third-order valence-corrected chi connectivity index (χ3v) is 11.7. The van der Waals surface area contributed by atoms with Crippen molar-refractivity contribution in [3.63, 3.8) is 0 Å². The van der Waals surface area contributed by atoms with Gasteiger partial charge in [-0.3, -0.25) is 0 Å². The average Bonchev–Trinajstić information content (AvgIpc) is 3.08. The summed E-state index contributed by atoms with van der Waals surface area (Å²) in [6.45, 7) is 14.0. The van der Waals surface area contributed by atoms with Crippen LogP contribution in [0.15, 0.2) is 12.7 Å². The first-order valence-corrected chi connectivity index (χ1v) is 12.9. The van der Waals surface area contributed by atoms with Crippen LogP contribution < -0.4 is 0 Å². The summed E-state index contributed by atoms with van der Waals surface area (Å²) in [6, 6.07) is 0. The van der Waals surface area contributed by atoms with Gasteiger partial charge in [0.05, 0.1) is 0 Å². The number of hydrogen-bond acceptors (Lipinski definition) is 1. The van der Waals surface area contributed by atoms with Gasteiger partial charge in [0.1, 0.15) is 0 Å². The summed E-state index contributed by atoms with van der Waals surface area (Å²) in [6.07, 6.45) is 18.1. The molecule has 0 amide bonds. The molecular formula is C20H39NSn. The average molecular weight is 412 g/mol. The van der Waals surface area contributed by atoms with Crippen molar-refractivity contribution in [3.05, 3.63) is 12.7 Å². The SMILES string of the molecule is C=C[CH]([Sn][C](CCCC)(CCCC)CCCC)N1CCCC1. The molecule has 0 aromatic carbocycles. The van der Waals surface area contributed by atoms with Crippen LogP contribution in [-0.2, 0) is 0 Å². The van der Waals surface area contributed by atoms with Gasteiger partial charge in [-0.2, -0.15) is 0 Å². The number of nitrogens with zero attached hydrogens (tertiary/aromatic N) is 1. The maximum atomic E-state index is 4.23. The number of hydrogen-bond donors (Lipinski definition) is 0. The molecular weight excluding hydrogens is 373 g/mol. The third kappa shape index (κ3) is 6.95. The van der Waals surface area contributed by atoms with Crippen LogP contribution in [0.2, 0.25) is 3.43 Å². The first-order valence-electron chi connectivity index (χ1n) is 9.85. The standard InChI is InChI=1S/C13H27.C7H12N.Sn/c1-4-7-10-13(11-8-5-2)12-9-6-3;1-2-5-8-6-3-4-7-8;/h4-12H2,1-3H3;2,5H,1,3-4,6-7H2;. The Morgan fingerprint density at radius 3 is 1.77 bits per heavy atom. The first-order chi connectivity index (χ1) is 10.7. The summed E-state index contributed by atoms with van der Waals surface area (Å²) < 4.78 is 1.53. The second-order valence-corrected chi connectivity index (χ2v) is 12.7. The van der Waals surface area contributed by atoms with Gasteiger partial charge in [0.25, 0.3) is 0 Å². The van der Waals surface area contributed by atoms with Crippen molar-refractivity contribution in [3.8, 4) is 0 Å². The fraction of sp³-hybridized carbons (Fsp3) is 0.900. The zero-order valence-electron chi connectivity index (χ0n) is 15.5. The van der Waals surface area contributed by atoms with E-state index in [1.54, 1.807) is 0 Å². The van der Waals surface area contributed by atoms with Gasteiger partial charge >= 0.3 is 151 Å². The Balaban J connectivity index is 2.79. The molecule has 0 bridgehead atoms. The quantitative estimate of drug-likeness (QED) is 0.264. The molecule has 1 heterocycles. The molecule has 0 spiro atoms. The van der Waals surface area contributed by atoms with E-state index in [1.807, 2.05) is 0 Å². The zero-order valence-corrected chi connectivity index (χ0v) is 18.4. The fourth-order valence-electron chi connectivity index (χ4n) is 3.77. The van der Waals surface area contributed by atoms with Crippen molar-refractivity contribution in [2.75, 3.05) is 13.1 Å². The van der Waals surface area contributed by atoms with Gasteiger partial charge in [-0.05, 0) is 0 Å². The molecule has 1 atom stereocenters. The van der Waals surface area contributed by atoms with E-state index < -0.39 is 21.1 Å². The van der Waals surface area contributed by atoms with Gasteiger partial charge in [-0.1, -0.05) is 0 Å². The molecule has 1 unspecified atom stereocenters. The molecule has 2 heteroatoms. The normalized spacial score (nSPS) is 17.8. The molecule has 1 fully saturated rings. The topological polar surface area (TPSA) is 3.24 Å². The van der Waals surface area contributed by atoms with Gasteiger partial charge in [-0.25, -0.2) is 0 Å². The van der Waals surface area contributed by atoms with Crippen LogP contribution in [-0.4, -0.2) is 43.2 Å². The molecule has 0 N–H and O–H groups in total. The Morgan fingerprint density at radius 2 is 1.41 bits per heavy atom. The van der Waals surface area contributed by atoms with Gasteiger partial charge in [0.15, 0.2) is 0 Å². The molecule has 0 aromatic rings. The van der Waals surface area contributed by atoms with Crippen LogP contribution in [0.3, 0.4) is 0 Å². The molecule has 1 aliphatic heterocycles. The molecule has 0 aliphatic carbocycles. The van der Waals surface area contributed by atoms with E-state index in [2.05, 4.69) is 38.3 Å². The van der Waals surface area contributed by atoms with E-state index in [0.29, 0.717) is 0 Å². The van der Waals surface area contributed by atoms with Crippen LogP contribution in [0.1, 0.15) is 91.4 Å². The van der Waals surface area contributed by atoms with Crippen molar-refractivity contribution in [2.24, 2.45) is 0 Å². The minimum atomic E-state index is -0.488. The van der Waals surface area contributed by atoms with Crippen molar-refractivity contribution < 1.29 is 0 Å². The summed E-state index contributed by atoms with van der Waals surface area (Å²) in [4.78, 5) is 2.78. The molecule has 2 radical (unpaired) electrons. The molecule has 0 saturated carbocycles. The van der Waals surface area contributed by atoms with E-state index >= 15 is 0 Å². The Bertz CT molecular complexity index is 262. The predicted octanol–water partition coefficient (Wildman–Crippen LogP) is 6.03. The molecule has 22 heavy (non-hydrogen) atoms. The summed E-state index contributed by atoms with van der Waals surface area (Å²) in [5, 5.41) is 0. The number of likely N-dealkylation sites (tertiary alicyclic amines) is 1. The summed E-state index contributed by atoms with van der Waals surface area (Å²) >= 11 is -0.488. The van der Waals surface area contributed by atoms with Crippen LogP contribution in [0.4, 0.5) is 0 Å². The zero-order chi connectivity index (χ0) is 16.3. The van der Waals surface area contributed by atoms with E-state index in [1.165, 1.54) is 83.7 Å². The van der Waals surface area contributed by atoms with Crippen molar-refractivity contribution in [1.82, 2.24) is 4.90 Å². The Morgan fingerprint density at radius 1 is 0.955 bits per heavy atom. The van der Waals surface area contributed by atoms with Crippen molar-refractivity contribution in [2.45, 2.75) is 98.9 Å². The van der Waals surface area contributed by atoms with Gasteiger partial charge in [0, 0.05) is 0 Å². The van der Waals surface area contributed by atoms with E-state index in [-0.39, 0.29) is 0 Å². The summed E-state index contributed by atoms with van der Waals surface area (Å²) in [5.41, 5.74) is 0. The van der Waals surface area contributed by atoms with Crippen LogP contribution >= 0.6 is 0 Å². The Labute approximate surface area is 150 Å². The molecule has 128 valence electrons. The van der Waals surface area contributed by atoms with Crippen LogP contribution in [0.25, 0.3) is 0 Å². The number of unbranched alkanes of at least 4 members (excludes halogenated alkanes) is 3. The fourth-order valence-corrected chi connectivity index (χ4v) is 9.90. The molecule has 1 nitrogen and oxygen atoms in total. The van der Waals surface area contributed by atoms with E-state index in [4.69, 9.17) is 0 Å².